The van der Waals surface area contributed by atoms with Crippen LogP contribution in [0.4, 0.5) is 10.1 Å². The van der Waals surface area contributed by atoms with Crippen molar-refractivity contribution in [2.45, 2.75) is 18.4 Å². The summed E-state index contributed by atoms with van der Waals surface area (Å²) in [6.45, 7) is 2.27. The zero-order chi connectivity index (χ0) is 24.0. The Bertz CT molecular complexity index is 1230. The Kier molecular flexibility index (Phi) is 7.67. The summed E-state index contributed by atoms with van der Waals surface area (Å²) in [6.07, 6.45) is 0. The molecule has 0 heterocycles. The summed E-state index contributed by atoms with van der Waals surface area (Å²) in [7, 11) is -0.934. The summed E-state index contributed by atoms with van der Waals surface area (Å²) in [4.78, 5) is 12.7. The molecule has 0 spiro atoms. The van der Waals surface area contributed by atoms with Gasteiger partial charge in [0.15, 0.2) is 0 Å². The van der Waals surface area contributed by atoms with Crippen LogP contribution in [0.1, 0.15) is 22.8 Å². The van der Waals surface area contributed by atoms with Crippen LogP contribution in [0.3, 0.4) is 0 Å². The second-order valence-corrected chi connectivity index (χ2v) is 9.40. The maximum atomic E-state index is 13.0. The molecule has 3 aromatic carbocycles. The van der Waals surface area contributed by atoms with Gasteiger partial charge in [-0.25, -0.2) is 17.1 Å². The third-order valence-corrected chi connectivity index (χ3v) is 6.51. The molecule has 9 heteroatoms. The van der Waals surface area contributed by atoms with Crippen molar-refractivity contribution in [1.29, 1.82) is 0 Å². The molecular formula is C24H25FN2O5S. The number of nitrogens with one attached hydrogen (secondary N) is 1. The third-order valence-electron chi connectivity index (χ3n) is 4.68. The predicted octanol–water partition coefficient (Wildman–Crippen LogP) is 4.31. The van der Waals surface area contributed by atoms with Crippen LogP contribution in [0.5, 0.6) is 11.5 Å². The molecule has 0 fully saturated rings. The van der Waals surface area contributed by atoms with Crippen LogP contribution in [0.2, 0.25) is 0 Å². The molecule has 0 aliphatic rings. The molecule has 3 rings (SSSR count). The second-order valence-electron chi connectivity index (χ2n) is 7.28. The number of nitrogens with zero attached hydrogens (tertiary/aromatic N) is 1. The fourth-order valence-electron chi connectivity index (χ4n) is 2.94. The van der Waals surface area contributed by atoms with Crippen LogP contribution in [0.25, 0.3) is 0 Å². The Hall–Kier alpha value is -3.43. The number of sulfonamides is 1. The van der Waals surface area contributed by atoms with Crippen molar-refractivity contribution in [3.8, 4) is 11.5 Å². The zero-order valence-corrected chi connectivity index (χ0v) is 19.4. The van der Waals surface area contributed by atoms with Crippen molar-refractivity contribution >= 4 is 21.6 Å². The van der Waals surface area contributed by atoms with E-state index in [9.17, 15) is 17.6 Å². The van der Waals surface area contributed by atoms with Crippen molar-refractivity contribution in [2.24, 2.45) is 0 Å². The largest absolute Gasteiger partial charge is 0.492 e. The normalized spacial score (nSPS) is 11.3. The van der Waals surface area contributed by atoms with E-state index in [-0.39, 0.29) is 23.1 Å². The van der Waals surface area contributed by atoms with Gasteiger partial charge in [0.25, 0.3) is 5.91 Å². The van der Waals surface area contributed by atoms with Crippen molar-refractivity contribution < 1.29 is 27.1 Å². The Labute approximate surface area is 192 Å². The summed E-state index contributed by atoms with van der Waals surface area (Å²) >= 11 is 0. The molecule has 0 aliphatic carbocycles. The number of carbonyl (C=O) groups is 1. The minimum Gasteiger partial charge on any atom is -0.492 e. The van der Waals surface area contributed by atoms with Crippen molar-refractivity contribution in [2.75, 3.05) is 26.0 Å². The lowest BCUT2D eigenvalue weighted by atomic mass is 10.2. The first-order valence-electron chi connectivity index (χ1n) is 10.2. The van der Waals surface area contributed by atoms with E-state index in [2.05, 4.69) is 5.32 Å². The van der Waals surface area contributed by atoms with Gasteiger partial charge in [-0.3, -0.25) is 4.79 Å². The lowest BCUT2D eigenvalue weighted by Crippen LogP contribution is -2.23. The van der Waals surface area contributed by atoms with Crippen LogP contribution in [0, 0.1) is 5.82 Å². The number of hydrogen-bond acceptors (Lipinski definition) is 5. The molecule has 1 amide bonds. The smallest absolute Gasteiger partial charge is 0.255 e. The lowest BCUT2D eigenvalue weighted by molar-refractivity contribution is 0.102. The predicted molar refractivity (Wildman–Crippen MR) is 124 cm³/mol. The van der Waals surface area contributed by atoms with Gasteiger partial charge in [-0.15, -0.1) is 0 Å². The Morgan fingerprint density at radius 1 is 1.00 bits per heavy atom. The van der Waals surface area contributed by atoms with E-state index in [1.165, 1.54) is 38.4 Å². The first-order valence-corrected chi connectivity index (χ1v) is 11.6. The summed E-state index contributed by atoms with van der Waals surface area (Å²) in [5.74, 6) is -0.0808. The van der Waals surface area contributed by atoms with Crippen LogP contribution >= 0.6 is 0 Å². The van der Waals surface area contributed by atoms with Gasteiger partial charge in [0.1, 0.15) is 28.8 Å². The maximum Gasteiger partial charge on any atom is 0.255 e. The summed E-state index contributed by atoms with van der Waals surface area (Å²) in [5.41, 5.74) is 1.43. The number of halogens is 1. The molecule has 3 aromatic rings. The van der Waals surface area contributed by atoms with Gasteiger partial charge >= 0.3 is 0 Å². The maximum absolute atomic E-state index is 13.0. The fraction of sp³-hybridized carbons (Fsp3) is 0.208. The number of benzene rings is 3. The molecule has 0 saturated heterocycles. The number of carbonyl (C=O) groups excluding carboxylic acids is 1. The van der Waals surface area contributed by atoms with Crippen molar-refractivity contribution in [3.05, 3.63) is 83.7 Å². The van der Waals surface area contributed by atoms with Gasteiger partial charge in [-0.2, -0.15) is 0 Å². The van der Waals surface area contributed by atoms with Crippen LogP contribution in [-0.4, -0.2) is 39.3 Å². The summed E-state index contributed by atoms with van der Waals surface area (Å²) < 4.78 is 50.6. The molecular weight excluding hydrogens is 447 g/mol. The molecule has 0 aromatic heterocycles. The summed E-state index contributed by atoms with van der Waals surface area (Å²) in [5, 5.41) is 2.71. The van der Waals surface area contributed by atoms with E-state index in [0.29, 0.717) is 23.6 Å². The molecule has 0 aliphatic heterocycles. The van der Waals surface area contributed by atoms with E-state index in [4.69, 9.17) is 9.47 Å². The number of ether oxygens (including phenoxy) is 2. The highest BCUT2D eigenvalue weighted by Gasteiger charge is 2.23. The van der Waals surface area contributed by atoms with Gasteiger partial charge in [0.05, 0.1) is 6.61 Å². The highest BCUT2D eigenvalue weighted by Crippen LogP contribution is 2.29. The van der Waals surface area contributed by atoms with Crippen LogP contribution in [0.15, 0.2) is 71.6 Å². The molecule has 0 bridgehead atoms. The molecule has 174 valence electrons. The highest BCUT2D eigenvalue weighted by molar-refractivity contribution is 7.89. The van der Waals surface area contributed by atoms with Gasteiger partial charge in [0.2, 0.25) is 10.0 Å². The van der Waals surface area contributed by atoms with Gasteiger partial charge in [-0.1, -0.05) is 18.2 Å². The fourth-order valence-corrected chi connectivity index (χ4v) is 3.99. The average molecular weight is 473 g/mol. The number of rotatable bonds is 9. The van der Waals surface area contributed by atoms with E-state index in [1.807, 2.05) is 0 Å². The minimum atomic E-state index is -3.78. The lowest BCUT2D eigenvalue weighted by Gasteiger charge is -2.16. The summed E-state index contributed by atoms with van der Waals surface area (Å²) in [6, 6.07) is 17.0. The number of anilines is 1. The van der Waals surface area contributed by atoms with Crippen molar-refractivity contribution in [1.82, 2.24) is 4.31 Å². The average Bonchev–Trinajstić information content (AvgIpc) is 2.80. The Balaban J connectivity index is 1.77. The topological polar surface area (TPSA) is 84.9 Å². The zero-order valence-electron chi connectivity index (χ0n) is 18.5. The van der Waals surface area contributed by atoms with Crippen LogP contribution in [-0.2, 0) is 16.6 Å². The third kappa shape index (κ3) is 6.09. The molecule has 0 saturated carbocycles. The molecule has 0 radical (unpaired) electrons. The first kappa shape index (κ1) is 24.2. The molecule has 1 N–H and O–H groups in total. The Morgan fingerprint density at radius 2 is 1.73 bits per heavy atom. The number of amides is 1. The molecule has 0 atom stereocenters. The van der Waals surface area contributed by atoms with Gasteiger partial charge in [-0.05, 0) is 61.0 Å². The van der Waals surface area contributed by atoms with Crippen LogP contribution < -0.4 is 14.8 Å². The Morgan fingerprint density at radius 3 is 2.39 bits per heavy atom. The van der Waals surface area contributed by atoms with Crippen molar-refractivity contribution in [3.63, 3.8) is 0 Å². The second kappa shape index (κ2) is 10.5. The monoisotopic (exact) mass is 472 g/mol. The quantitative estimate of drug-likeness (QED) is 0.502. The first-order chi connectivity index (χ1) is 15.7. The minimum absolute atomic E-state index is 0.0384. The highest BCUT2D eigenvalue weighted by atomic mass is 32.2. The van der Waals surface area contributed by atoms with Gasteiger partial charge in [0, 0.05) is 25.3 Å². The SMILES string of the molecule is CCOc1ccc(NC(=O)c2cccc(OCc3ccc(F)cc3)c2)cc1S(=O)(=O)N(C)C. The van der Waals surface area contributed by atoms with E-state index in [0.717, 1.165) is 9.87 Å². The van der Waals surface area contributed by atoms with Gasteiger partial charge < -0.3 is 14.8 Å². The molecule has 7 nitrogen and oxygen atoms in total. The molecule has 33 heavy (non-hydrogen) atoms. The van der Waals surface area contributed by atoms with E-state index in [1.54, 1.807) is 49.4 Å². The van der Waals surface area contributed by atoms with E-state index >= 15 is 0 Å². The number of hydrogen-bond donors (Lipinski definition) is 1. The standard InChI is InChI=1S/C24H25FN2O5S/c1-4-31-22-13-12-20(15-23(22)33(29,30)27(2)3)26-24(28)18-6-5-7-21(14-18)32-16-17-8-10-19(25)11-9-17/h5-15H,4,16H2,1-3H3,(H,26,28). The van der Waals surface area contributed by atoms with E-state index < -0.39 is 15.9 Å². The molecule has 0 unspecified atom stereocenters.